The van der Waals surface area contributed by atoms with Crippen LogP contribution in [-0.4, -0.2) is 23.9 Å². The Labute approximate surface area is 113 Å². The van der Waals surface area contributed by atoms with Crippen molar-refractivity contribution in [1.29, 1.82) is 0 Å². The van der Waals surface area contributed by atoms with E-state index in [0.717, 1.165) is 29.2 Å². The number of hydrogen-bond acceptors (Lipinski definition) is 4. The molecule has 0 amide bonds. The summed E-state index contributed by atoms with van der Waals surface area (Å²) in [6.45, 7) is 4.90. The van der Waals surface area contributed by atoms with Crippen molar-refractivity contribution in [3.8, 4) is 11.3 Å². The summed E-state index contributed by atoms with van der Waals surface area (Å²) < 4.78 is 5.33. The second kappa shape index (κ2) is 6.29. The molecule has 0 aliphatic rings. The summed E-state index contributed by atoms with van der Waals surface area (Å²) in [6.07, 6.45) is 0.0777. The quantitative estimate of drug-likeness (QED) is 0.893. The molecule has 1 aromatic heterocycles. The Hall–Kier alpha value is -1.94. The van der Waals surface area contributed by atoms with Crippen LogP contribution in [0.4, 0.5) is 5.82 Å². The van der Waals surface area contributed by atoms with E-state index in [2.05, 4.69) is 27.6 Å². The smallest absolute Gasteiger partial charge is 0.148 e. The molecule has 0 saturated carbocycles. The van der Waals surface area contributed by atoms with E-state index in [1.54, 1.807) is 7.11 Å². The molecular weight excluding hydrogens is 238 g/mol. The molecule has 0 unspecified atom stereocenters. The highest BCUT2D eigenvalue weighted by Gasteiger charge is 2.06. The second-order valence-electron chi connectivity index (χ2n) is 4.34. The minimum atomic E-state index is 0.0777. The third-order valence-corrected chi connectivity index (χ3v) is 3.03. The van der Waals surface area contributed by atoms with Crippen molar-refractivity contribution < 1.29 is 4.74 Å². The van der Waals surface area contributed by atoms with Crippen LogP contribution < -0.4 is 5.32 Å². The van der Waals surface area contributed by atoms with Gasteiger partial charge in [-0.15, -0.1) is 10.2 Å². The summed E-state index contributed by atoms with van der Waals surface area (Å²) in [6, 6.07) is 12.1. The Morgan fingerprint density at radius 3 is 2.68 bits per heavy atom. The predicted octanol–water partition coefficient (Wildman–Crippen LogP) is 3.28. The van der Waals surface area contributed by atoms with Gasteiger partial charge in [0.05, 0.1) is 11.8 Å². The zero-order valence-corrected chi connectivity index (χ0v) is 11.6. The first-order valence-corrected chi connectivity index (χ1v) is 6.45. The molecule has 4 nitrogen and oxygen atoms in total. The van der Waals surface area contributed by atoms with Crippen LogP contribution in [0.5, 0.6) is 0 Å². The Bertz CT molecular complexity index is 525. The van der Waals surface area contributed by atoms with Gasteiger partial charge in [0.2, 0.25) is 0 Å². The van der Waals surface area contributed by atoms with Gasteiger partial charge < -0.3 is 10.1 Å². The zero-order chi connectivity index (χ0) is 13.7. The van der Waals surface area contributed by atoms with Crippen molar-refractivity contribution in [2.45, 2.75) is 20.0 Å². The van der Waals surface area contributed by atoms with Crippen LogP contribution in [-0.2, 0) is 4.74 Å². The van der Waals surface area contributed by atoms with Crippen molar-refractivity contribution in [3.63, 3.8) is 0 Å². The number of nitrogens with one attached hydrogen (secondary N) is 1. The summed E-state index contributed by atoms with van der Waals surface area (Å²) in [5.74, 6) is 0.799. The number of methoxy groups -OCH3 is 1. The lowest BCUT2D eigenvalue weighted by molar-refractivity contribution is 0.119. The maximum Gasteiger partial charge on any atom is 0.148 e. The van der Waals surface area contributed by atoms with E-state index in [0.29, 0.717) is 0 Å². The van der Waals surface area contributed by atoms with Crippen molar-refractivity contribution in [3.05, 3.63) is 42.0 Å². The average Bonchev–Trinajstić information content (AvgIpc) is 2.48. The standard InChI is InChI=1S/C15H19N3O/c1-4-16-15-9-8-14(17-18-15)13-7-5-6-12(10-13)11(2)19-3/h5-11H,4H2,1-3H3,(H,16,18)/t11-/m0/s1. The highest BCUT2D eigenvalue weighted by Crippen LogP contribution is 2.23. The molecule has 19 heavy (non-hydrogen) atoms. The number of anilines is 1. The monoisotopic (exact) mass is 257 g/mol. The molecule has 0 aliphatic carbocycles. The van der Waals surface area contributed by atoms with E-state index < -0.39 is 0 Å². The van der Waals surface area contributed by atoms with E-state index in [-0.39, 0.29) is 6.10 Å². The fourth-order valence-corrected chi connectivity index (χ4v) is 1.85. The largest absolute Gasteiger partial charge is 0.377 e. The molecule has 100 valence electrons. The maximum absolute atomic E-state index is 5.33. The number of aromatic nitrogens is 2. The van der Waals surface area contributed by atoms with Gasteiger partial charge in [-0.05, 0) is 37.6 Å². The zero-order valence-electron chi connectivity index (χ0n) is 11.6. The Balaban J connectivity index is 2.26. The van der Waals surface area contributed by atoms with E-state index in [9.17, 15) is 0 Å². The summed E-state index contributed by atoms with van der Waals surface area (Å²) >= 11 is 0. The number of ether oxygens (including phenoxy) is 1. The molecule has 0 radical (unpaired) electrons. The normalized spacial score (nSPS) is 12.2. The van der Waals surface area contributed by atoms with Gasteiger partial charge in [0.1, 0.15) is 5.82 Å². The van der Waals surface area contributed by atoms with Crippen LogP contribution in [0.3, 0.4) is 0 Å². The molecule has 1 aromatic carbocycles. The molecule has 1 N–H and O–H groups in total. The molecule has 0 aliphatic heterocycles. The number of nitrogens with zero attached hydrogens (tertiary/aromatic N) is 2. The number of rotatable bonds is 5. The van der Waals surface area contributed by atoms with Crippen LogP contribution in [0.15, 0.2) is 36.4 Å². The van der Waals surface area contributed by atoms with Crippen molar-refractivity contribution in [2.75, 3.05) is 19.0 Å². The minimum absolute atomic E-state index is 0.0777. The van der Waals surface area contributed by atoms with Gasteiger partial charge in [0.15, 0.2) is 0 Å². The molecule has 4 heteroatoms. The predicted molar refractivity (Wildman–Crippen MR) is 77.1 cm³/mol. The first kappa shape index (κ1) is 13.5. The van der Waals surface area contributed by atoms with E-state index >= 15 is 0 Å². The van der Waals surface area contributed by atoms with Gasteiger partial charge in [-0.3, -0.25) is 0 Å². The van der Waals surface area contributed by atoms with Crippen molar-refractivity contribution >= 4 is 5.82 Å². The van der Waals surface area contributed by atoms with Crippen molar-refractivity contribution in [1.82, 2.24) is 10.2 Å². The highest BCUT2D eigenvalue weighted by molar-refractivity contribution is 5.60. The fraction of sp³-hybridized carbons (Fsp3) is 0.333. The van der Waals surface area contributed by atoms with Crippen LogP contribution in [0.2, 0.25) is 0 Å². The molecule has 2 aromatic rings. The number of benzene rings is 1. The van der Waals surface area contributed by atoms with Gasteiger partial charge in [-0.2, -0.15) is 0 Å². The lowest BCUT2D eigenvalue weighted by atomic mass is 10.0. The van der Waals surface area contributed by atoms with Crippen molar-refractivity contribution in [2.24, 2.45) is 0 Å². The molecular formula is C15H19N3O. The van der Waals surface area contributed by atoms with E-state index in [1.807, 2.05) is 38.1 Å². The fourth-order valence-electron chi connectivity index (χ4n) is 1.85. The molecule has 1 atom stereocenters. The lowest BCUT2D eigenvalue weighted by Crippen LogP contribution is -2.01. The molecule has 1 heterocycles. The third-order valence-electron chi connectivity index (χ3n) is 3.03. The molecule has 0 spiro atoms. The lowest BCUT2D eigenvalue weighted by Gasteiger charge is -2.11. The summed E-state index contributed by atoms with van der Waals surface area (Å²) in [5, 5.41) is 11.5. The van der Waals surface area contributed by atoms with E-state index in [1.165, 1.54) is 0 Å². The first-order valence-electron chi connectivity index (χ1n) is 6.45. The average molecular weight is 257 g/mol. The molecule has 0 saturated heterocycles. The summed E-state index contributed by atoms with van der Waals surface area (Å²) in [7, 11) is 1.71. The SMILES string of the molecule is CCNc1ccc(-c2cccc([C@H](C)OC)c2)nn1. The highest BCUT2D eigenvalue weighted by atomic mass is 16.5. The Morgan fingerprint density at radius 2 is 2.05 bits per heavy atom. The van der Waals surface area contributed by atoms with Crippen LogP contribution >= 0.6 is 0 Å². The van der Waals surface area contributed by atoms with Crippen LogP contribution in [0, 0.1) is 0 Å². The first-order chi connectivity index (χ1) is 9.24. The molecule has 0 fully saturated rings. The molecule has 0 bridgehead atoms. The minimum Gasteiger partial charge on any atom is -0.377 e. The van der Waals surface area contributed by atoms with Gasteiger partial charge in [0, 0.05) is 19.2 Å². The second-order valence-corrected chi connectivity index (χ2v) is 4.34. The van der Waals surface area contributed by atoms with Gasteiger partial charge in [-0.25, -0.2) is 0 Å². The number of hydrogen-bond donors (Lipinski definition) is 1. The van der Waals surface area contributed by atoms with E-state index in [4.69, 9.17) is 4.74 Å². The van der Waals surface area contributed by atoms with Gasteiger partial charge in [-0.1, -0.05) is 18.2 Å². The van der Waals surface area contributed by atoms with Gasteiger partial charge in [0.25, 0.3) is 0 Å². The third kappa shape index (κ3) is 3.29. The topological polar surface area (TPSA) is 47.0 Å². The Morgan fingerprint density at radius 1 is 1.21 bits per heavy atom. The maximum atomic E-state index is 5.33. The summed E-state index contributed by atoms with van der Waals surface area (Å²) in [5.41, 5.74) is 3.06. The van der Waals surface area contributed by atoms with Gasteiger partial charge >= 0.3 is 0 Å². The Kier molecular flexibility index (Phi) is 4.47. The summed E-state index contributed by atoms with van der Waals surface area (Å²) in [4.78, 5) is 0. The molecule has 2 rings (SSSR count). The van der Waals surface area contributed by atoms with Crippen LogP contribution in [0.1, 0.15) is 25.5 Å². The van der Waals surface area contributed by atoms with Crippen LogP contribution in [0.25, 0.3) is 11.3 Å².